The summed E-state index contributed by atoms with van der Waals surface area (Å²) in [6, 6.07) is 0. The van der Waals surface area contributed by atoms with Gasteiger partial charge in [0.05, 0.1) is 0 Å². The van der Waals surface area contributed by atoms with E-state index in [4.69, 9.17) is 4.74 Å². The monoisotopic (exact) mass is 231 g/mol. The Labute approximate surface area is 103 Å². The van der Waals surface area contributed by atoms with Crippen LogP contribution in [0.4, 0.5) is 0 Å². The van der Waals surface area contributed by atoms with E-state index in [-0.39, 0.29) is 6.15 Å². The summed E-state index contributed by atoms with van der Waals surface area (Å²) >= 11 is 0. The smallest absolute Gasteiger partial charge is 0.0466 e. The minimum Gasteiger partial charge on any atom is -0.381 e. The van der Waals surface area contributed by atoms with Crippen LogP contribution in [-0.4, -0.2) is 13.2 Å². The summed E-state index contributed by atoms with van der Waals surface area (Å²) in [4.78, 5) is 0. The van der Waals surface area contributed by atoms with E-state index >= 15 is 0 Å². The Bertz CT molecular complexity index is 94.9. The topological polar surface area (TPSA) is 44.2 Å². The lowest BCUT2D eigenvalue weighted by Gasteiger charge is -2.03. The molecule has 0 bridgehead atoms. The van der Waals surface area contributed by atoms with Gasteiger partial charge in [0.1, 0.15) is 0 Å². The van der Waals surface area contributed by atoms with Gasteiger partial charge in [-0.1, -0.05) is 65.2 Å². The summed E-state index contributed by atoms with van der Waals surface area (Å²) < 4.78 is 5.44. The molecule has 2 nitrogen and oxygen atoms in total. The molecule has 0 amide bonds. The third-order valence-electron chi connectivity index (χ3n) is 2.74. The van der Waals surface area contributed by atoms with Crippen molar-refractivity contribution in [2.24, 2.45) is 0 Å². The van der Waals surface area contributed by atoms with Gasteiger partial charge in [0.2, 0.25) is 0 Å². The van der Waals surface area contributed by atoms with Crippen molar-refractivity contribution in [2.75, 3.05) is 13.2 Å². The highest BCUT2D eigenvalue weighted by molar-refractivity contribution is 4.46. The van der Waals surface area contributed by atoms with E-state index in [0.29, 0.717) is 0 Å². The first-order chi connectivity index (χ1) is 7.41. The molecule has 0 aromatic rings. The number of unbranched alkanes of at least 4 members (excludes halogenated alkanes) is 8. The molecule has 0 fully saturated rings. The lowest BCUT2D eigenvalue weighted by molar-refractivity contribution is 0.130. The highest BCUT2D eigenvalue weighted by atomic mass is 16.5. The average molecular weight is 231 g/mol. The lowest BCUT2D eigenvalue weighted by Crippen LogP contribution is -1.95. The van der Waals surface area contributed by atoms with Crippen LogP contribution < -0.4 is 6.15 Å². The predicted octanol–water partition coefficient (Wildman–Crippen LogP) is 5.11. The van der Waals surface area contributed by atoms with E-state index < -0.39 is 0 Å². The zero-order valence-electron chi connectivity index (χ0n) is 11.6. The first-order valence-electron chi connectivity index (χ1n) is 6.99. The summed E-state index contributed by atoms with van der Waals surface area (Å²) in [6.07, 6.45) is 13.7. The van der Waals surface area contributed by atoms with Crippen LogP contribution in [-0.2, 0) is 4.74 Å². The molecule has 0 unspecified atom stereocenters. The van der Waals surface area contributed by atoms with E-state index in [2.05, 4.69) is 13.8 Å². The molecule has 0 aliphatic rings. The van der Waals surface area contributed by atoms with Gasteiger partial charge >= 0.3 is 0 Å². The van der Waals surface area contributed by atoms with Crippen molar-refractivity contribution < 1.29 is 4.74 Å². The number of hydrogen-bond acceptors (Lipinski definition) is 2. The van der Waals surface area contributed by atoms with Crippen LogP contribution in [0.1, 0.15) is 78.1 Å². The molecule has 0 radical (unpaired) electrons. The van der Waals surface area contributed by atoms with Gasteiger partial charge in [-0.05, 0) is 12.8 Å². The summed E-state index contributed by atoms with van der Waals surface area (Å²) in [5.74, 6) is 0. The van der Waals surface area contributed by atoms with Crippen LogP contribution in [0.2, 0.25) is 0 Å². The maximum atomic E-state index is 5.44. The second kappa shape index (κ2) is 17.3. The van der Waals surface area contributed by atoms with E-state index in [0.717, 1.165) is 19.6 Å². The van der Waals surface area contributed by atoms with Crippen molar-refractivity contribution in [2.45, 2.75) is 78.1 Å². The van der Waals surface area contributed by atoms with Crippen LogP contribution in [0.25, 0.3) is 0 Å². The molecule has 0 saturated carbocycles. The molecule has 0 aromatic carbocycles. The molecule has 2 heteroatoms. The normalized spacial score (nSPS) is 10.1. The Balaban J connectivity index is 0. The number of rotatable bonds is 12. The molecule has 0 rings (SSSR count). The van der Waals surface area contributed by atoms with E-state index in [9.17, 15) is 0 Å². The van der Waals surface area contributed by atoms with Crippen LogP contribution >= 0.6 is 0 Å². The molecule has 3 N–H and O–H groups in total. The second-order valence-electron chi connectivity index (χ2n) is 4.44. The van der Waals surface area contributed by atoms with Crippen LogP contribution in [0.3, 0.4) is 0 Å². The van der Waals surface area contributed by atoms with Crippen molar-refractivity contribution in [1.29, 1.82) is 0 Å². The van der Waals surface area contributed by atoms with Gasteiger partial charge < -0.3 is 10.9 Å². The zero-order valence-corrected chi connectivity index (χ0v) is 11.6. The maximum Gasteiger partial charge on any atom is 0.0466 e. The Kier molecular flexibility index (Phi) is 19.8. The van der Waals surface area contributed by atoms with E-state index in [1.807, 2.05) is 0 Å². The first-order valence-corrected chi connectivity index (χ1v) is 6.99. The number of ether oxygens (including phenoxy) is 1. The summed E-state index contributed by atoms with van der Waals surface area (Å²) in [6.45, 7) is 6.35. The van der Waals surface area contributed by atoms with Crippen LogP contribution in [0, 0.1) is 0 Å². The van der Waals surface area contributed by atoms with Gasteiger partial charge in [0.25, 0.3) is 0 Å². The van der Waals surface area contributed by atoms with E-state index in [1.165, 1.54) is 57.8 Å². The van der Waals surface area contributed by atoms with Gasteiger partial charge in [0.15, 0.2) is 0 Å². The standard InChI is InChI=1S/C14H30O.H3N/c1-3-5-6-7-8-9-10-11-12-14-15-13-4-2;/h3-14H2,1-2H3;1H3. The molecule has 0 heterocycles. The molecule has 0 atom stereocenters. The van der Waals surface area contributed by atoms with Crippen molar-refractivity contribution in [3.8, 4) is 0 Å². The first kappa shape index (κ1) is 18.3. The quantitative estimate of drug-likeness (QED) is 0.474. The van der Waals surface area contributed by atoms with Gasteiger partial charge in [-0.25, -0.2) is 0 Å². The fourth-order valence-corrected chi connectivity index (χ4v) is 1.76. The molecule has 0 saturated heterocycles. The summed E-state index contributed by atoms with van der Waals surface area (Å²) in [7, 11) is 0. The Morgan fingerprint density at radius 1 is 0.562 bits per heavy atom. The highest BCUT2D eigenvalue weighted by Gasteiger charge is 1.92. The van der Waals surface area contributed by atoms with Crippen molar-refractivity contribution >= 4 is 0 Å². The van der Waals surface area contributed by atoms with Gasteiger partial charge in [-0.3, -0.25) is 0 Å². The Morgan fingerprint density at radius 3 is 1.56 bits per heavy atom. The third kappa shape index (κ3) is 16.4. The van der Waals surface area contributed by atoms with Crippen molar-refractivity contribution in [3.05, 3.63) is 0 Å². The maximum absolute atomic E-state index is 5.44. The van der Waals surface area contributed by atoms with Gasteiger partial charge in [0, 0.05) is 13.2 Å². The fourth-order valence-electron chi connectivity index (χ4n) is 1.76. The average Bonchev–Trinajstić information content (AvgIpc) is 2.26. The van der Waals surface area contributed by atoms with Gasteiger partial charge in [-0.2, -0.15) is 0 Å². The summed E-state index contributed by atoms with van der Waals surface area (Å²) in [5.41, 5.74) is 0. The minimum atomic E-state index is 0. The molecular formula is C14H33NO. The SMILES string of the molecule is CCCCCCCCCCCOCCC.N. The molecule has 0 aliphatic carbocycles. The Hall–Kier alpha value is -0.0800. The molecule has 0 aliphatic heterocycles. The highest BCUT2D eigenvalue weighted by Crippen LogP contribution is 2.09. The zero-order chi connectivity index (χ0) is 11.2. The largest absolute Gasteiger partial charge is 0.381 e. The lowest BCUT2D eigenvalue weighted by atomic mass is 10.1. The third-order valence-corrected chi connectivity index (χ3v) is 2.74. The fraction of sp³-hybridized carbons (Fsp3) is 1.00. The van der Waals surface area contributed by atoms with Crippen LogP contribution in [0.5, 0.6) is 0 Å². The number of hydrogen-bond donors (Lipinski definition) is 1. The van der Waals surface area contributed by atoms with E-state index in [1.54, 1.807) is 0 Å². The van der Waals surface area contributed by atoms with Crippen molar-refractivity contribution in [1.82, 2.24) is 6.15 Å². The van der Waals surface area contributed by atoms with Crippen molar-refractivity contribution in [3.63, 3.8) is 0 Å². The second-order valence-corrected chi connectivity index (χ2v) is 4.44. The van der Waals surface area contributed by atoms with Crippen LogP contribution in [0.15, 0.2) is 0 Å². The molecule has 0 aromatic heterocycles. The molecule has 100 valence electrons. The predicted molar refractivity (Wildman–Crippen MR) is 73.4 cm³/mol. The minimum absolute atomic E-state index is 0. The molecule has 0 spiro atoms. The van der Waals surface area contributed by atoms with Gasteiger partial charge in [-0.15, -0.1) is 0 Å². The summed E-state index contributed by atoms with van der Waals surface area (Å²) in [5, 5.41) is 0. The molecular weight excluding hydrogens is 198 g/mol. The Morgan fingerprint density at radius 2 is 1.06 bits per heavy atom. The molecule has 16 heavy (non-hydrogen) atoms.